The Morgan fingerprint density at radius 3 is 2.60 bits per heavy atom. The lowest BCUT2D eigenvalue weighted by molar-refractivity contribution is 0.648. The highest BCUT2D eigenvalue weighted by molar-refractivity contribution is 5.22. The molecule has 0 saturated carbocycles. The fraction of sp³-hybridized carbons (Fsp3) is 0.412. The van der Waals surface area contributed by atoms with Gasteiger partial charge in [0.15, 0.2) is 0 Å². The molecule has 0 saturated heterocycles. The van der Waals surface area contributed by atoms with Gasteiger partial charge in [-0.15, -0.1) is 17.4 Å². The monoisotopic (exact) mass is 267 g/mol. The lowest BCUT2D eigenvalue weighted by Gasteiger charge is -2.03. The fourth-order valence-electron chi connectivity index (χ4n) is 2.19. The maximum atomic E-state index is 5.24. The molecule has 0 atom stereocenters. The Hall–Kier alpha value is -2.08. The first-order chi connectivity index (χ1) is 9.81. The molecule has 3 nitrogen and oxygen atoms in total. The summed E-state index contributed by atoms with van der Waals surface area (Å²) < 4.78 is 1.89. The zero-order valence-corrected chi connectivity index (χ0v) is 12.0. The van der Waals surface area contributed by atoms with Gasteiger partial charge in [-0.1, -0.05) is 42.8 Å². The van der Waals surface area contributed by atoms with Crippen LogP contribution in [0, 0.1) is 12.3 Å². The molecular weight excluding hydrogens is 246 g/mol. The predicted molar refractivity (Wildman–Crippen MR) is 81.3 cm³/mol. The minimum absolute atomic E-state index is 0.772. The Balaban J connectivity index is 1.91. The quantitative estimate of drug-likeness (QED) is 0.569. The number of unbranched alkanes of at least 4 members (excludes halogenated alkanes) is 1. The van der Waals surface area contributed by atoms with Gasteiger partial charge in [-0.3, -0.25) is 0 Å². The molecular formula is C17H21N3. The maximum Gasteiger partial charge on any atom is 0.0827 e. The van der Waals surface area contributed by atoms with E-state index in [1.54, 1.807) is 0 Å². The van der Waals surface area contributed by atoms with Crippen molar-refractivity contribution >= 4 is 0 Å². The van der Waals surface area contributed by atoms with Gasteiger partial charge in [0, 0.05) is 12.6 Å². The average molecular weight is 267 g/mol. The zero-order chi connectivity index (χ0) is 14.2. The molecule has 1 aromatic heterocycles. The van der Waals surface area contributed by atoms with Gasteiger partial charge in [-0.25, -0.2) is 4.68 Å². The van der Waals surface area contributed by atoms with E-state index in [9.17, 15) is 0 Å². The standard InChI is InChI=1S/C17H21N3/c1-3-5-6-8-17-14-20(19-18-17)13-16-11-9-15(7-4-2)10-12-16/h1,9-12,14H,4-8,13H2,2H3. The molecule has 0 aliphatic heterocycles. The van der Waals surface area contributed by atoms with Gasteiger partial charge in [-0.2, -0.15) is 0 Å². The van der Waals surface area contributed by atoms with Crippen molar-refractivity contribution < 1.29 is 0 Å². The highest BCUT2D eigenvalue weighted by Gasteiger charge is 2.01. The second kappa shape index (κ2) is 7.49. The molecule has 1 aromatic carbocycles. The van der Waals surface area contributed by atoms with Crippen LogP contribution in [0.3, 0.4) is 0 Å². The Kier molecular flexibility index (Phi) is 5.37. The van der Waals surface area contributed by atoms with Crippen LogP contribution >= 0.6 is 0 Å². The summed E-state index contributed by atoms with van der Waals surface area (Å²) in [5.41, 5.74) is 3.66. The summed E-state index contributed by atoms with van der Waals surface area (Å²) in [6.07, 6.45) is 12.3. The third kappa shape index (κ3) is 4.24. The molecule has 0 radical (unpaired) electrons. The summed E-state index contributed by atoms with van der Waals surface area (Å²) >= 11 is 0. The van der Waals surface area contributed by atoms with E-state index < -0.39 is 0 Å². The second-order valence-electron chi connectivity index (χ2n) is 5.03. The summed E-state index contributed by atoms with van der Waals surface area (Å²) in [6, 6.07) is 8.74. The summed E-state index contributed by atoms with van der Waals surface area (Å²) in [4.78, 5) is 0. The van der Waals surface area contributed by atoms with Gasteiger partial charge in [-0.05, 0) is 30.4 Å². The number of rotatable bonds is 7. The Morgan fingerprint density at radius 1 is 1.15 bits per heavy atom. The van der Waals surface area contributed by atoms with Crippen LogP contribution in [-0.4, -0.2) is 15.0 Å². The van der Waals surface area contributed by atoms with Crippen LogP contribution in [0.25, 0.3) is 0 Å². The lowest BCUT2D eigenvalue weighted by Crippen LogP contribution is -2.00. The van der Waals surface area contributed by atoms with E-state index in [1.165, 1.54) is 17.5 Å². The van der Waals surface area contributed by atoms with E-state index in [2.05, 4.69) is 47.4 Å². The average Bonchev–Trinajstić information content (AvgIpc) is 2.89. The summed E-state index contributed by atoms with van der Waals surface area (Å²) in [5, 5.41) is 8.34. The lowest BCUT2D eigenvalue weighted by atomic mass is 10.1. The van der Waals surface area contributed by atoms with Gasteiger partial charge in [0.25, 0.3) is 0 Å². The van der Waals surface area contributed by atoms with E-state index in [0.717, 1.165) is 37.9 Å². The number of aromatic nitrogens is 3. The van der Waals surface area contributed by atoms with Gasteiger partial charge in [0.2, 0.25) is 0 Å². The number of terminal acetylenes is 1. The molecule has 0 bridgehead atoms. The number of hydrogen-bond acceptors (Lipinski definition) is 2. The Labute approximate surface area is 121 Å². The van der Waals surface area contributed by atoms with Gasteiger partial charge in [0.1, 0.15) is 0 Å². The molecule has 0 unspecified atom stereocenters. The molecule has 1 heterocycles. The van der Waals surface area contributed by atoms with Crippen molar-refractivity contribution in [2.24, 2.45) is 0 Å². The first-order valence-electron chi connectivity index (χ1n) is 7.22. The van der Waals surface area contributed by atoms with Crippen molar-refractivity contribution in [1.82, 2.24) is 15.0 Å². The highest BCUT2D eigenvalue weighted by atomic mass is 15.4. The molecule has 2 rings (SSSR count). The van der Waals surface area contributed by atoms with Crippen LogP contribution in [0.1, 0.15) is 43.0 Å². The molecule has 0 fully saturated rings. The van der Waals surface area contributed by atoms with E-state index in [0.29, 0.717) is 0 Å². The number of hydrogen-bond donors (Lipinski definition) is 0. The Bertz CT molecular complexity index is 561. The molecule has 0 N–H and O–H groups in total. The Morgan fingerprint density at radius 2 is 1.90 bits per heavy atom. The maximum absolute atomic E-state index is 5.24. The van der Waals surface area contributed by atoms with Crippen LogP contribution in [0.4, 0.5) is 0 Å². The second-order valence-corrected chi connectivity index (χ2v) is 5.03. The molecule has 0 aliphatic carbocycles. The molecule has 20 heavy (non-hydrogen) atoms. The van der Waals surface area contributed by atoms with Crippen molar-refractivity contribution in [3.8, 4) is 12.3 Å². The minimum Gasteiger partial charge on any atom is -0.248 e. The fourth-order valence-corrected chi connectivity index (χ4v) is 2.19. The predicted octanol–water partition coefficient (Wildman–Crippen LogP) is 3.23. The van der Waals surface area contributed by atoms with Crippen LogP contribution in [-0.2, 0) is 19.4 Å². The smallest absolute Gasteiger partial charge is 0.0827 e. The summed E-state index contributed by atoms with van der Waals surface area (Å²) in [7, 11) is 0. The first kappa shape index (κ1) is 14.3. The van der Waals surface area contributed by atoms with Crippen molar-refractivity contribution in [1.29, 1.82) is 0 Å². The molecule has 0 spiro atoms. The summed E-state index contributed by atoms with van der Waals surface area (Å²) in [6.45, 7) is 2.97. The molecule has 104 valence electrons. The van der Waals surface area contributed by atoms with Crippen LogP contribution in [0.15, 0.2) is 30.5 Å². The van der Waals surface area contributed by atoms with Crippen LogP contribution in [0.5, 0.6) is 0 Å². The summed E-state index contributed by atoms with van der Waals surface area (Å²) in [5.74, 6) is 2.65. The third-order valence-corrected chi connectivity index (χ3v) is 3.25. The van der Waals surface area contributed by atoms with E-state index in [4.69, 9.17) is 6.42 Å². The third-order valence-electron chi connectivity index (χ3n) is 3.25. The topological polar surface area (TPSA) is 30.7 Å². The number of nitrogens with zero attached hydrogens (tertiary/aromatic N) is 3. The van der Waals surface area contributed by atoms with E-state index in [1.807, 2.05) is 10.9 Å². The van der Waals surface area contributed by atoms with Crippen molar-refractivity contribution in [3.63, 3.8) is 0 Å². The van der Waals surface area contributed by atoms with Crippen LogP contribution in [0.2, 0.25) is 0 Å². The van der Waals surface area contributed by atoms with Crippen molar-refractivity contribution in [3.05, 3.63) is 47.3 Å². The highest BCUT2D eigenvalue weighted by Crippen LogP contribution is 2.08. The van der Waals surface area contributed by atoms with Crippen LogP contribution < -0.4 is 0 Å². The molecule has 0 aliphatic rings. The largest absolute Gasteiger partial charge is 0.248 e. The normalized spacial score (nSPS) is 10.4. The zero-order valence-electron chi connectivity index (χ0n) is 12.0. The minimum atomic E-state index is 0.772. The SMILES string of the molecule is C#CCCCc1cn(Cc2ccc(CCC)cc2)nn1. The van der Waals surface area contributed by atoms with Gasteiger partial charge >= 0.3 is 0 Å². The first-order valence-corrected chi connectivity index (χ1v) is 7.22. The van der Waals surface area contributed by atoms with E-state index >= 15 is 0 Å². The van der Waals surface area contributed by atoms with Gasteiger partial charge < -0.3 is 0 Å². The molecule has 0 amide bonds. The number of aryl methyl sites for hydroxylation is 2. The number of benzene rings is 1. The molecule has 2 aromatic rings. The van der Waals surface area contributed by atoms with Gasteiger partial charge in [0.05, 0.1) is 12.2 Å². The van der Waals surface area contributed by atoms with E-state index in [-0.39, 0.29) is 0 Å². The van der Waals surface area contributed by atoms with Crippen molar-refractivity contribution in [2.75, 3.05) is 0 Å². The van der Waals surface area contributed by atoms with Crippen molar-refractivity contribution in [2.45, 2.75) is 45.6 Å². The molecule has 3 heteroatoms.